The summed E-state index contributed by atoms with van der Waals surface area (Å²) in [5, 5.41) is 7.74. The fraction of sp³-hybridized carbons (Fsp3) is 0.789. The minimum absolute atomic E-state index is 0.0532. The third-order valence-corrected chi connectivity index (χ3v) is 5.29. The Hall–Kier alpha value is -1.64. The highest BCUT2D eigenvalue weighted by atomic mass is 16.5. The Morgan fingerprint density at radius 2 is 2.15 bits per heavy atom. The molecule has 2 aliphatic heterocycles. The molecular formula is C19H35N7O. The standard InChI is InChI=1S/C19H35N7O/c1-4-20-19(21-6-9-25-8-5-7-23(2)10-11-25)26-12-13-27-18(16-26)17-14-22-24(3)15-17/h14-15,18H,4-13,16H2,1-3H3,(H,20,21). The lowest BCUT2D eigenvalue weighted by molar-refractivity contribution is -0.00805. The van der Waals surface area contributed by atoms with Crippen LogP contribution in [0.25, 0.3) is 0 Å². The van der Waals surface area contributed by atoms with Crippen molar-refractivity contribution in [1.29, 1.82) is 0 Å². The van der Waals surface area contributed by atoms with Crippen LogP contribution in [0.15, 0.2) is 17.4 Å². The van der Waals surface area contributed by atoms with Gasteiger partial charge in [0.05, 0.1) is 25.9 Å². The second kappa shape index (κ2) is 10.1. The molecule has 2 aliphatic rings. The second-order valence-corrected chi connectivity index (χ2v) is 7.49. The average molecular weight is 378 g/mol. The van der Waals surface area contributed by atoms with E-state index in [-0.39, 0.29) is 6.10 Å². The van der Waals surface area contributed by atoms with Crippen molar-refractivity contribution in [3.8, 4) is 0 Å². The first kappa shape index (κ1) is 20.1. The van der Waals surface area contributed by atoms with Crippen LogP contribution in [0, 0.1) is 0 Å². The number of nitrogens with one attached hydrogen (secondary N) is 1. The third-order valence-electron chi connectivity index (χ3n) is 5.29. The lowest BCUT2D eigenvalue weighted by atomic mass is 10.1. The normalized spacial score (nSPS) is 23.4. The summed E-state index contributed by atoms with van der Waals surface area (Å²) in [4.78, 5) is 12.2. The predicted octanol–water partition coefficient (Wildman–Crippen LogP) is 0.396. The molecule has 8 nitrogen and oxygen atoms in total. The maximum absolute atomic E-state index is 5.97. The topological polar surface area (TPSA) is 61.2 Å². The van der Waals surface area contributed by atoms with Crippen LogP contribution in [-0.2, 0) is 11.8 Å². The minimum atomic E-state index is 0.0532. The summed E-state index contributed by atoms with van der Waals surface area (Å²) in [6.07, 6.45) is 5.23. The Bertz CT molecular complexity index is 603. The number of aliphatic imine (C=N–C) groups is 1. The molecule has 0 spiro atoms. The van der Waals surface area contributed by atoms with Crippen molar-refractivity contribution in [1.82, 2.24) is 29.8 Å². The van der Waals surface area contributed by atoms with Gasteiger partial charge in [0.15, 0.2) is 5.96 Å². The van der Waals surface area contributed by atoms with Gasteiger partial charge in [-0.15, -0.1) is 0 Å². The molecule has 152 valence electrons. The van der Waals surface area contributed by atoms with Gasteiger partial charge in [-0.1, -0.05) is 0 Å². The molecule has 1 atom stereocenters. The zero-order chi connectivity index (χ0) is 19.1. The monoisotopic (exact) mass is 377 g/mol. The van der Waals surface area contributed by atoms with Crippen molar-refractivity contribution in [3.63, 3.8) is 0 Å². The van der Waals surface area contributed by atoms with Gasteiger partial charge in [0.25, 0.3) is 0 Å². The summed E-state index contributed by atoms with van der Waals surface area (Å²) < 4.78 is 7.80. The molecule has 3 heterocycles. The Morgan fingerprint density at radius 3 is 2.93 bits per heavy atom. The lowest BCUT2D eigenvalue weighted by Gasteiger charge is -2.35. The highest BCUT2D eigenvalue weighted by Crippen LogP contribution is 2.21. The summed E-state index contributed by atoms with van der Waals surface area (Å²) in [5.41, 5.74) is 1.13. The van der Waals surface area contributed by atoms with E-state index in [1.54, 1.807) is 0 Å². The van der Waals surface area contributed by atoms with E-state index < -0.39 is 0 Å². The van der Waals surface area contributed by atoms with Crippen molar-refractivity contribution < 1.29 is 4.74 Å². The maximum Gasteiger partial charge on any atom is 0.194 e. The number of ether oxygens (including phenoxy) is 1. The number of aromatic nitrogens is 2. The zero-order valence-corrected chi connectivity index (χ0v) is 17.1. The van der Waals surface area contributed by atoms with Crippen LogP contribution in [0.1, 0.15) is 25.0 Å². The van der Waals surface area contributed by atoms with Crippen LogP contribution in [0.5, 0.6) is 0 Å². The van der Waals surface area contributed by atoms with Gasteiger partial charge in [0, 0.05) is 51.5 Å². The minimum Gasteiger partial charge on any atom is -0.370 e. The summed E-state index contributed by atoms with van der Waals surface area (Å²) in [7, 11) is 4.15. The van der Waals surface area contributed by atoms with E-state index in [9.17, 15) is 0 Å². The first-order chi connectivity index (χ1) is 13.2. The van der Waals surface area contributed by atoms with Gasteiger partial charge in [0.2, 0.25) is 0 Å². The van der Waals surface area contributed by atoms with Crippen LogP contribution in [0.2, 0.25) is 0 Å². The zero-order valence-electron chi connectivity index (χ0n) is 17.1. The molecule has 0 aliphatic carbocycles. The van der Waals surface area contributed by atoms with Crippen molar-refractivity contribution in [2.45, 2.75) is 19.4 Å². The number of nitrogens with zero attached hydrogens (tertiary/aromatic N) is 6. The molecule has 0 aromatic carbocycles. The largest absolute Gasteiger partial charge is 0.370 e. The Balaban J connectivity index is 1.56. The van der Waals surface area contributed by atoms with E-state index in [2.05, 4.69) is 39.1 Å². The van der Waals surface area contributed by atoms with Crippen LogP contribution < -0.4 is 5.32 Å². The van der Waals surface area contributed by atoms with Crippen LogP contribution >= 0.6 is 0 Å². The molecule has 0 amide bonds. The fourth-order valence-electron chi connectivity index (χ4n) is 3.70. The van der Waals surface area contributed by atoms with E-state index in [0.29, 0.717) is 6.61 Å². The summed E-state index contributed by atoms with van der Waals surface area (Å²) in [6, 6.07) is 0. The first-order valence-electron chi connectivity index (χ1n) is 10.2. The van der Waals surface area contributed by atoms with Gasteiger partial charge in [-0.3, -0.25) is 9.67 Å². The Morgan fingerprint density at radius 1 is 1.26 bits per heavy atom. The SMILES string of the molecule is CCNC(=NCCN1CCCN(C)CC1)N1CCOC(c2cnn(C)c2)C1. The summed E-state index contributed by atoms with van der Waals surface area (Å²) in [5.74, 6) is 1.00. The number of likely N-dealkylation sites (N-methyl/N-ethyl adjacent to an activating group) is 1. The Labute approximate surface area is 163 Å². The molecule has 0 radical (unpaired) electrons. The molecule has 8 heteroatoms. The maximum atomic E-state index is 5.97. The van der Waals surface area contributed by atoms with Gasteiger partial charge in [0.1, 0.15) is 6.10 Å². The molecule has 0 bridgehead atoms. The molecule has 3 rings (SSSR count). The van der Waals surface area contributed by atoms with Gasteiger partial charge >= 0.3 is 0 Å². The number of morpholine rings is 1. The van der Waals surface area contributed by atoms with Gasteiger partial charge in [-0.2, -0.15) is 5.10 Å². The van der Waals surface area contributed by atoms with Crippen LogP contribution in [-0.4, -0.2) is 103 Å². The molecule has 1 unspecified atom stereocenters. The van der Waals surface area contributed by atoms with Gasteiger partial charge in [-0.05, 0) is 33.5 Å². The molecule has 1 N–H and O–H groups in total. The third kappa shape index (κ3) is 5.92. The Kier molecular flexibility index (Phi) is 7.49. The van der Waals surface area contributed by atoms with Crippen molar-refractivity contribution in [2.75, 3.05) is 72.6 Å². The molecule has 0 saturated carbocycles. The smallest absolute Gasteiger partial charge is 0.194 e. The summed E-state index contributed by atoms with van der Waals surface area (Å²) in [6.45, 7) is 11.9. The van der Waals surface area contributed by atoms with E-state index >= 15 is 0 Å². The number of hydrogen-bond donors (Lipinski definition) is 1. The highest BCUT2D eigenvalue weighted by Gasteiger charge is 2.25. The predicted molar refractivity (Wildman–Crippen MR) is 108 cm³/mol. The number of rotatable bonds is 5. The van der Waals surface area contributed by atoms with E-state index in [1.807, 2.05) is 24.1 Å². The highest BCUT2D eigenvalue weighted by molar-refractivity contribution is 5.80. The molecule has 1 aromatic rings. The van der Waals surface area contributed by atoms with Crippen molar-refractivity contribution in [2.24, 2.45) is 12.0 Å². The van der Waals surface area contributed by atoms with Gasteiger partial charge in [-0.25, -0.2) is 0 Å². The molecule has 27 heavy (non-hydrogen) atoms. The van der Waals surface area contributed by atoms with Crippen LogP contribution in [0.4, 0.5) is 0 Å². The quantitative estimate of drug-likeness (QED) is 0.592. The van der Waals surface area contributed by atoms with E-state index in [4.69, 9.17) is 9.73 Å². The molecule has 1 aromatic heterocycles. The number of guanidine groups is 1. The number of aryl methyl sites for hydroxylation is 1. The van der Waals surface area contributed by atoms with Crippen LogP contribution in [0.3, 0.4) is 0 Å². The van der Waals surface area contributed by atoms with Crippen molar-refractivity contribution in [3.05, 3.63) is 18.0 Å². The van der Waals surface area contributed by atoms with Crippen molar-refractivity contribution >= 4 is 5.96 Å². The molecular weight excluding hydrogens is 342 g/mol. The summed E-state index contributed by atoms with van der Waals surface area (Å²) >= 11 is 0. The number of hydrogen-bond acceptors (Lipinski definition) is 5. The van der Waals surface area contributed by atoms with Gasteiger partial charge < -0.3 is 24.8 Å². The fourth-order valence-corrected chi connectivity index (χ4v) is 3.70. The second-order valence-electron chi connectivity index (χ2n) is 7.49. The molecule has 2 fully saturated rings. The average Bonchev–Trinajstić information content (AvgIpc) is 3.00. The van der Waals surface area contributed by atoms with E-state index in [1.165, 1.54) is 19.5 Å². The molecule has 2 saturated heterocycles. The lowest BCUT2D eigenvalue weighted by Crippen LogP contribution is -2.48. The van der Waals surface area contributed by atoms with E-state index in [0.717, 1.165) is 57.3 Å². The first-order valence-corrected chi connectivity index (χ1v) is 10.2.